The molecule has 4 rings (SSSR count). The van der Waals surface area contributed by atoms with E-state index in [9.17, 15) is 0 Å². The third-order valence-electron chi connectivity index (χ3n) is 4.69. The maximum atomic E-state index is 6.20. The van der Waals surface area contributed by atoms with Gasteiger partial charge in [0.2, 0.25) is 0 Å². The van der Waals surface area contributed by atoms with Gasteiger partial charge in [0.15, 0.2) is 0 Å². The molecule has 0 bridgehead atoms. The summed E-state index contributed by atoms with van der Waals surface area (Å²) in [7, 11) is 0. The SMILES string of the molecule is NC1CCC2CN(Cc3nc4ccccc4s3)CC12. The van der Waals surface area contributed by atoms with E-state index < -0.39 is 0 Å². The molecule has 2 heterocycles. The zero-order chi connectivity index (χ0) is 12.8. The number of nitrogens with two attached hydrogens (primary N) is 1. The van der Waals surface area contributed by atoms with E-state index in [4.69, 9.17) is 10.7 Å². The molecule has 100 valence electrons. The van der Waals surface area contributed by atoms with Gasteiger partial charge in [-0.3, -0.25) is 4.90 Å². The molecule has 3 unspecified atom stereocenters. The Morgan fingerprint density at radius 1 is 1.26 bits per heavy atom. The quantitative estimate of drug-likeness (QED) is 0.914. The molecule has 3 nitrogen and oxygen atoms in total. The second kappa shape index (κ2) is 4.54. The molecule has 4 heteroatoms. The number of thiazole rings is 1. The first kappa shape index (κ1) is 11.8. The van der Waals surface area contributed by atoms with Crippen molar-refractivity contribution in [2.45, 2.75) is 25.4 Å². The van der Waals surface area contributed by atoms with Crippen LogP contribution in [-0.2, 0) is 6.54 Å². The van der Waals surface area contributed by atoms with Crippen LogP contribution >= 0.6 is 11.3 Å². The molecule has 1 saturated heterocycles. The second-order valence-electron chi connectivity index (χ2n) is 5.93. The molecule has 19 heavy (non-hydrogen) atoms. The highest BCUT2D eigenvalue weighted by molar-refractivity contribution is 7.18. The van der Waals surface area contributed by atoms with Crippen molar-refractivity contribution in [1.82, 2.24) is 9.88 Å². The number of fused-ring (bicyclic) bond motifs is 2. The van der Waals surface area contributed by atoms with Crippen molar-refractivity contribution in [1.29, 1.82) is 0 Å². The first-order valence-electron chi connectivity index (χ1n) is 7.12. The Labute approximate surface area is 117 Å². The summed E-state index contributed by atoms with van der Waals surface area (Å²) >= 11 is 1.83. The van der Waals surface area contributed by atoms with Gasteiger partial charge in [-0.25, -0.2) is 4.98 Å². The topological polar surface area (TPSA) is 42.1 Å². The molecular formula is C15H19N3S. The van der Waals surface area contributed by atoms with Gasteiger partial charge in [0.1, 0.15) is 5.01 Å². The first-order valence-corrected chi connectivity index (χ1v) is 7.93. The van der Waals surface area contributed by atoms with E-state index in [1.807, 2.05) is 11.3 Å². The van der Waals surface area contributed by atoms with Gasteiger partial charge >= 0.3 is 0 Å². The van der Waals surface area contributed by atoms with E-state index in [1.165, 1.54) is 35.6 Å². The lowest BCUT2D eigenvalue weighted by molar-refractivity contribution is 0.298. The number of aromatic nitrogens is 1. The predicted molar refractivity (Wildman–Crippen MR) is 79.1 cm³/mol. The Bertz CT molecular complexity index is 561. The number of hydrogen-bond acceptors (Lipinski definition) is 4. The Balaban J connectivity index is 1.50. The molecule has 1 aromatic carbocycles. The third-order valence-corrected chi connectivity index (χ3v) is 5.71. The van der Waals surface area contributed by atoms with Gasteiger partial charge in [-0.2, -0.15) is 0 Å². The van der Waals surface area contributed by atoms with Crippen LogP contribution in [-0.4, -0.2) is 29.0 Å². The Morgan fingerprint density at radius 3 is 3.00 bits per heavy atom. The van der Waals surface area contributed by atoms with Crippen LogP contribution in [0.3, 0.4) is 0 Å². The van der Waals surface area contributed by atoms with Crippen molar-refractivity contribution in [3.63, 3.8) is 0 Å². The maximum Gasteiger partial charge on any atom is 0.108 e. The van der Waals surface area contributed by atoms with E-state index in [1.54, 1.807) is 0 Å². The normalized spacial score (nSPS) is 31.1. The highest BCUT2D eigenvalue weighted by Gasteiger charge is 2.40. The van der Waals surface area contributed by atoms with Gasteiger partial charge in [0.05, 0.1) is 16.8 Å². The number of likely N-dealkylation sites (tertiary alicyclic amines) is 1. The van der Waals surface area contributed by atoms with Crippen LogP contribution in [0.25, 0.3) is 10.2 Å². The molecule has 3 atom stereocenters. The lowest BCUT2D eigenvalue weighted by Gasteiger charge is -2.16. The molecule has 1 aromatic heterocycles. The van der Waals surface area contributed by atoms with Gasteiger partial charge in [0.25, 0.3) is 0 Å². The minimum atomic E-state index is 0.436. The summed E-state index contributed by atoms with van der Waals surface area (Å²) in [6, 6.07) is 8.84. The van der Waals surface area contributed by atoms with Crippen LogP contribution in [0, 0.1) is 11.8 Å². The third kappa shape index (κ3) is 2.08. The number of rotatable bonds is 2. The van der Waals surface area contributed by atoms with Crippen LogP contribution in [0.5, 0.6) is 0 Å². The minimum absolute atomic E-state index is 0.436. The Kier molecular flexibility index (Phi) is 2.83. The zero-order valence-corrected chi connectivity index (χ0v) is 11.8. The van der Waals surface area contributed by atoms with Gasteiger partial charge in [-0.1, -0.05) is 12.1 Å². The molecular weight excluding hydrogens is 254 g/mol. The lowest BCUT2D eigenvalue weighted by atomic mass is 9.98. The predicted octanol–water partition coefficient (Wildman–Crippen LogP) is 2.47. The fourth-order valence-corrected chi connectivity index (χ4v) is 4.72. The van der Waals surface area contributed by atoms with Crippen molar-refractivity contribution in [2.24, 2.45) is 17.6 Å². The second-order valence-corrected chi connectivity index (χ2v) is 7.05. The Morgan fingerprint density at radius 2 is 2.16 bits per heavy atom. The van der Waals surface area contributed by atoms with Crippen molar-refractivity contribution in [3.8, 4) is 0 Å². The standard InChI is InChI=1S/C15H19N3S/c16-12-6-5-10-7-18(8-11(10)12)9-15-17-13-3-1-2-4-14(13)19-15/h1-4,10-12H,5-9,16H2. The number of hydrogen-bond donors (Lipinski definition) is 1. The van der Waals surface area contributed by atoms with E-state index >= 15 is 0 Å². The van der Waals surface area contributed by atoms with Crippen LogP contribution in [0.15, 0.2) is 24.3 Å². The largest absolute Gasteiger partial charge is 0.327 e. The fraction of sp³-hybridized carbons (Fsp3) is 0.533. The molecule has 2 N–H and O–H groups in total. The highest BCUT2D eigenvalue weighted by Crippen LogP contribution is 2.38. The summed E-state index contributed by atoms with van der Waals surface area (Å²) in [5, 5.41) is 1.25. The molecule has 1 aliphatic carbocycles. The number of nitrogens with zero attached hydrogens (tertiary/aromatic N) is 2. The molecule has 0 radical (unpaired) electrons. The molecule has 1 saturated carbocycles. The van der Waals surface area contributed by atoms with Gasteiger partial charge in [0, 0.05) is 19.1 Å². The fourth-order valence-electron chi connectivity index (χ4n) is 3.71. The van der Waals surface area contributed by atoms with Crippen LogP contribution in [0.4, 0.5) is 0 Å². The van der Waals surface area contributed by atoms with Crippen molar-refractivity contribution in [3.05, 3.63) is 29.3 Å². The number of para-hydroxylation sites is 1. The van der Waals surface area contributed by atoms with Gasteiger partial charge in [-0.05, 0) is 36.8 Å². The first-order chi connectivity index (χ1) is 9.29. The molecule has 2 aliphatic rings. The summed E-state index contributed by atoms with van der Waals surface area (Å²) in [5.74, 6) is 1.57. The average molecular weight is 273 g/mol. The Hall–Kier alpha value is -0.970. The number of benzene rings is 1. The maximum absolute atomic E-state index is 6.20. The minimum Gasteiger partial charge on any atom is -0.327 e. The molecule has 1 aliphatic heterocycles. The molecule has 2 fully saturated rings. The van der Waals surface area contributed by atoms with Crippen LogP contribution in [0.2, 0.25) is 0 Å². The van der Waals surface area contributed by atoms with E-state index in [0.29, 0.717) is 6.04 Å². The molecule has 0 amide bonds. The van der Waals surface area contributed by atoms with Gasteiger partial charge < -0.3 is 5.73 Å². The van der Waals surface area contributed by atoms with Crippen molar-refractivity contribution < 1.29 is 0 Å². The van der Waals surface area contributed by atoms with E-state index in [-0.39, 0.29) is 0 Å². The monoisotopic (exact) mass is 273 g/mol. The van der Waals surface area contributed by atoms with Crippen LogP contribution in [0.1, 0.15) is 17.8 Å². The van der Waals surface area contributed by atoms with Gasteiger partial charge in [-0.15, -0.1) is 11.3 Å². The van der Waals surface area contributed by atoms with Crippen molar-refractivity contribution in [2.75, 3.05) is 13.1 Å². The molecule has 0 spiro atoms. The summed E-state index contributed by atoms with van der Waals surface area (Å²) in [4.78, 5) is 7.28. The summed E-state index contributed by atoms with van der Waals surface area (Å²) < 4.78 is 1.30. The average Bonchev–Trinajstić information content (AvgIpc) is 3.06. The highest BCUT2D eigenvalue weighted by atomic mass is 32.1. The summed E-state index contributed by atoms with van der Waals surface area (Å²) in [6.07, 6.45) is 2.55. The summed E-state index contributed by atoms with van der Waals surface area (Å²) in [6.45, 7) is 3.38. The van der Waals surface area contributed by atoms with E-state index in [0.717, 1.165) is 23.9 Å². The lowest BCUT2D eigenvalue weighted by Crippen LogP contribution is -2.30. The summed E-state index contributed by atoms with van der Waals surface area (Å²) in [5.41, 5.74) is 7.33. The van der Waals surface area contributed by atoms with E-state index in [2.05, 4.69) is 29.2 Å². The smallest absolute Gasteiger partial charge is 0.108 e. The van der Waals surface area contributed by atoms with Crippen molar-refractivity contribution >= 4 is 21.6 Å². The van der Waals surface area contributed by atoms with Crippen LogP contribution < -0.4 is 5.73 Å². The zero-order valence-electron chi connectivity index (χ0n) is 11.0. The molecule has 2 aromatic rings.